The van der Waals surface area contributed by atoms with Crippen molar-refractivity contribution >= 4 is 0 Å². The summed E-state index contributed by atoms with van der Waals surface area (Å²) in [6.45, 7) is 5.34. The van der Waals surface area contributed by atoms with Gasteiger partial charge in [-0.1, -0.05) is 36.4 Å². The van der Waals surface area contributed by atoms with E-state index in [1.165, 1.54) is 11.1 Å². The second kappa shape index (κ2) is 7.25. The van der Waals surface area contributed by atoms with E-state index in [1.807, 2.05) is 24.3 Å². The van der Waals surface area contributed by atoms with Crippen molar-refractivity contribution in [3.8, 4) is 16.9 Å². The van der Waals surface area contributed by atoms with E-state index in [0.717, 1.165) is 38.6 Å². The number of morpholine rings is 1. The summed E-state index contributed by atoms with van der Waals surface area (Å²) in [4.78, 5) is 2.38. The van der Waals surface area contributed by atoms with Crippen molar-refractivity contribution in [2.24, 2.45) is 0 Å². The Labute approximate surface area is 126 Å². The second-order valence-corrected chi connectivity index (χ2v) is 5.12. The number of benzene rings is 2. The lowest BCUT2D eigenvalue weighted by Gasteiger charge is -2.26. The predicted molar refractivity (Wildman–Crippen MR) is 83.5 cm³/mol. The summed E-state index contributed by atoms with van der Waals surface area (Å²) in [6, 6.07) is 19.3. The first-order valence-electron chi connectivity index (χ1n) is 7.41. The van der Waals surface area contributed by atoms with Gasteiger partial charge in [-0.15, -0.1) is 0 Å². The third-order valence-electron chi connectivity index (χ3n) is 3.67. The Hall–Kier alpha value is -1.84. The van der Waals surface area contributed by atoms with Crippen LogP contribution in [0.3, 0.4) is 0 Å². The largest absolute Gasteiger partial charge is 0.492 e. The summed E-state index contributed by atoms with van der Waals surface area (Å²) in [5, 5.41) is 0. The van der Waals surface area contributed by atoms with Crippen molar-refractivity contribution < 1.29 is 9.47 Å². The van der Waals surface area contributed by atoms with Crippen LogP contribution in [0.15, 0.2) is 48.5 Å². The highest BCUT2D eigenvalue weighted by Crippen LogP contribution is 2.23. The fourth-order valence-electron chi connectivity index (χ4n) is 2.46. The molecule has 3 nitrogen and oxygen atoms in total. The minimum Gasteiger partial charge on any atom is -0.492 e. The van der Waals surface area contributed by atoms with Crippen LogP contribution in [0.5, 0.6) is 5.75 Å². The summed E-state index contributed by atoms with van der Waals surface area (Å²) >= 11 is 0. The van der Waals surface area contributed by atoms with Gasteiger partial charge in [-0.3, -0.25) is 4.90 Å². The molecule has 0 amide bonds. The number of hydrogen-bond donors (Lipinski definition) is 0. The van der Waals surface area contributed by atoms with Gasteiger partial charge in [0.25, 0.3) is 0 Å². The average molecular weight is 282 g/mol. The lowest BCUT2D eigenvalue weighted by atomic mass is 10.1. The van der Waals surface area contributed by atoms with E-state index in [1.54, 1.807) is 0 Å². The Balaban J connectivity index is 1.56. The maximum atomic E-state index is 5.88. The Morgan fingerprint density at radius 2 is 1.86 bits per heavy atom. The molecule has 1 aliphatic heterocycles. The highest BCUT2D eigenvalue weighted by atomic mass is 16.5. The molecule has 2 aromatic carbocycles. The van der Waals surface area contributed by atoms with Gasteiger partial charge in [0, 0.05) is 19.6 Å². The molecule has 0 bridgehead atoms. The molecule has 1 radical (unpaired) electrons. The van der Waals surface area contributed by atoms with E-state index in [2.05, 4.69) is 35.2 Å². The standard InChI is InChI=1S/C18H20NO2/c1-2-5-16(6-3-1)17-7-4-8-18(15-17)21-14-11-19-9-12-20-13-10-19/h2-8,15H,9-14H2. The van der Waals surface area contributed by atoms with Crippen molar-refractivity contribution in [2.75, 3.05) is 39.5 Å². The van der Waals surface area contributed by atoms with Crippen molar-refractivity contribution in [1.29, 1.82) is 0 Å². The van der Waals surface area contributed by atoms with Gasteiger partial charge in [-0.2, -0.15) is 0 Å². The monoisotopic (exact) mass is 282 g/mol. The highest BCUT2D eigenvalue weighted by molar-refractivity contribution is 5.64. The lowest BCUT2D eigenvalue weighted by Crippen LogP contribution is -2.38. The smallest absolute Gasteiger partial charge is 0.119 e. The first-order chi connectivity index (χ1) is 10.4. The summed E-state index contributed by atoms with van der Waals surface area (Å²) in [5.74, 6) is 0.925. The number of rotatable bonds is 5. The molecular formula is C18H20NO2. The second-order valence-electron chi connectivity index (χ2n) is 5.12. The summed E-state index contributed by atoms with van der Waals surface area (Å²) in [7, 11) is 0. The number of ether oxygens (including phenoxy) is 2. The zero-order valence-corrected chi connectivity index (χ0v) is 12.1. The minimum absolute atomic E-state index is 0.714. The van der Waals surface area contributed by atoms with E-state index >= 15 is 0 Å². The van der Waals surface area contributed by atoms with Crippen LogP contribution in [0.1, 0.15) is 0 Å². The molecule has 0 aromatic heterocycles. The van der Waals surface area contributed by atoms with Crippen LogP contribution in [0.2, 0.25) is 0 Å². The zero-order chi connectivity index (χ0) is 14.3. The Bertz CT molecular complexity index is 550. The van der Waals surface area contributed by atoms with Crippen LogP contribution in [-0.2, 0) is 4.74 Å². The Kier molecular flexibility index (Phi) is 4.87. The van der Waals surface area contributed by atoms with Crippen LogP contribution < -0.4 is 4.74 Å². The van der Waals surface area contributed by atoms with E-state index in [4.69, 9.17) is 9.47 Å². The van der Waals surface area contributed by atoms with Crippen LogP contribution in [0.25, 0.3) is 11.1 Å². The normalized spacial score (nSPS) is 15.8. The molecule has 1 fully saturated rings. The molecule has 1 saturated heterocycles. The van der Waals surface area contributed by atoms with Gasteiger partial charge in [0.2, 0.25) is 0 Å². The van der Waals surface area contributed by atoms with Gasteiger partial charge < -0.3 is 9.47 Å². The molecule has 0 saturated carbocycles. The van der Waals surface area contributed by atoms with Gasteiger partial charge in [-0.25, -0.2) is 0 Å². The average Bonchev–Trinajstić information content (AvgIpc) is 2.57. The zero-order valence-electron chi connectivity index (χ0n) is 12.1. The quantitative estimate of drug-likeness (QED) is 0.841. The fourth-order valence-corrected chi connectivity index (χ4v) is 2.46. The maximum absolute atomic E-state index is 5.88. The third kappa shape index (κ3) is 4.06. The van der Waals surface area contributed by atoms with Crippen LogP contribution in [0.4, 0.5) is 0 Å². The molecular weight excluding hydrogens is 262 g/mol. The minimum atomic E-state index is 0.714. The predicted octanol–water partition coefficient (Wildman–Crippen LogP) is 2.86. The molecule has 0 spiro atoms. The lowest BCUT2D eigenvalue weighted by molar-refractivity contribution is 0.0322. The molecule has 2 aromatic rings. The maximum Gasteiger partial charge on any atom is 0.119 e. The van der Waals surface area contributed by atoms with Crippen molar-refractivity contribution in [3.63, 3.8) is 0 Å². The topological polar surface area (TPSA) is 21.7 Å². The first-order valence-corrected chi connectivity index (χ1v) is 7.41. The SMILES string of the molecule is [c]1ccc(-c2cccc(OCCN3CCOCC3)c2)cc1. The number of nitrogens with zero attached hydrogens (tertiary/aromatic N) is 1. The molecule has 0 unspecified atom stereocenters. The van der Waals surface area contributed by atoms with Crippen molar-refractivity contribution in [3.05, 3.63) is 54.6 Å². The van der Waals surface area contributed by atoms with E-state index < -0.39 is 0 Å². The van der Waals surface area contributed by atoms with Gasteiger partial charge >= 0.3 is 0 Å². The molecule has 0 aliphatic carbocycles. The van der Waals surface area contributed by atoms with Crippen LogP contribution in [-0.4, -0.2) is 44.4 Å². The van der Waals surface area contributed by atoms with Crippen LogP contribution in [0, 0.1) is 6.07 Å². The molecule has 1 heterocycles. The molecule has 3 rings (SSSR count). The molecule has 21 heavy (non-hydrogen) atoms. The first kappa shape index (κ1) is 14.1. The van der Waals surface area contributed by atoms with Gasteiger partial charge in [0.05, 0.1) is 13.2 Å². The summed E-state index contributed by atoms with van der Waals surface area (Å²) < 4.78 is 11.2. The molecule has 3 heteroatoms. The molecule has 109 valence electrons. The van der Waals surface area contributed by atoms with Crippen molar-refractivity contribution in [2.45, 2.75) is 0 Å². The summed E-state index contributed by atoms with van der Waals surface area (Å²) in [6.07, 6.45) is 0. The Morgan fingerprint density at radius 3 is 2.67 bits per heavy atom. The fraction of sp³-hybridized carbons (Fsp3) is 0.333. The van der Waals surface area contributed by atoms with Gasteiger partial charge in [0.1, 0.15) is 12.4 Å². The third-order valence-corrected chi connectivity index (χ3v) is 3.67. The van der Waals surface area contributed by atoms with Crippen molar-refractivity contribution in [1.82, 2.24) is 4.90 Å². The number of hydrogen-bond acceptors (Lipinski definition) is 3. The van der Waals surface area contributed by atoms with Gasteiger partial charge in [-0.05, 0) is 29.3 Å². The van der Waals surface area contributed by atoms with E-state index in [9.17, 15) is 0 Å². The van der Waals surface area contributed by atoms with E-state index in [-0.39, 0.29) is 0 Å². The molecule has 0 N–H and O–H groups in total. The van der Waals surface area contributed by atoms with E-state index in [0.29, 0.717) is 6.61 Å². The Morgan fingerprint density at radius 1 is 1.05 bits per heavy atom. The molecule has 0 atom stereocenters. The van der Waals surface area contributed by atoms with Gasteiger partial charge in [0.15, 0.2) is 0 Å². The van der Waals surface area contributed by atoms with Crippen LogP contribution >= 0.6 is 0 Å². The highest BCUT2D eigenvalue weighted by Gasteiger charge is 2.09. The summed E-state index contributed by atoms with van der Waals surface area (Å²) in [5.41, 5.74) is 2.36. The molecule has 1 aliphatic rings.